The Labute approximate surface area is 160 Å². The molecule has 1 aromatic heterocycles. The number of nitrogens with two attached hydrogens (primary N) is 1. The van der Waals surface area contributed by atoms with Gasteiger partial charge < -0.3 is 10.5 Å². The smallest absolute Gasteiger partial charge is 0.282 e. The Bertz CT molecular complexity index is 917. The zero-order valence-electron chi connectivity index (χ0n) is 15.8. The van der Waals surface area contributed by atoms with E-state index in [1.807, 2.05) is 24.3 Å². The van der Waals surface area contributed by atoms with Crippen LogP contribution in [0, 0.1) is 0 Å². The number of rotatable bonds is 5. The number of aromatic nitrogens is 2. The monoisotopic (exact) mass is 391 g/mol. The first-order valence-corrected chi connectivity index (χ1v) is 10.2. The van der Waals surface area contributed by atoms with Gasteiger partial charge >= 0.3 is 0 Å². The number of methoxy groups -OCH3 is 1. The second-order valence-corrected chi connectivity index (χ2v) is 8.77. The maximum absolute atomic E-state index is 12.9. The summed E-state index contributed by atoms with van der Waals surface area (Å²) < 4.78 is 33.8. The maximum Gasteiger partial charge on any atom is 0.282 e. The summed E-state index contributed by atoms with van der Waals surface area (Å²) in [6.07, 6.45) is 4.08. The van der Waals surface area contributed by atoms with Gasteiger partial charge in [-0.1, -0.05) is 18.6 Å². The largest absolute Gasteiger partial charge is 0.497 e. The highest BCUT2D eigenvalue weighted by atomic mass is 32.2. The molecule has 3 rings (SSSR count). The van der Waals surface area contributed by atoms with Crippen LogP contribution in [-0.4, -0.2) is 54.7 Å². The predicted molar refractivity (Wildman–Crippen MR) is 104 cm³/mol. The molecule has 0 radical (unpaired) electrons. The van der Waals surface area contributed by atoms with Crippen LogP contribution >= 0.6 is 0 Å². The van der Waals surface area contributed by atoms with E-state index < -0.39 is 16.3 Å². The number of hydrogen-bond donors (Lipinski definition) is 1. The zero-order valence-corrected chi connectivity index (χ0v) is 16.6. The van der Waals surface area contributed by atoms with Crippen molar-refractivity contribution in [1.29, 1.82) is 0 Å². The normalized spacial score (nSPS) is 18.6. The molecule has 0 unspecified atom stereocenters. The Kier molecular flexibility index (Phi) is 5.64. The lowest BCUT2D eigenvalue weighted by molar-refractivity contribution is 0.239. The lowest BCUT2D eigenvalue weighted by Gasteiger charge is -2.36. The van der Waals surface area contributed by atoms with Gasteiger partial charge in [0, 0.05) is 32.4 Å². The van der Waals surface area contributed by atoms with Gasteiger partial charge in [0.15, 0.2) is 0 Å². The van der Waals surface area contributed by atoms with Crippen LogP contribution in [-0.2, 0) is 10.2 Å². The van der Waals surface area contributed by atoms with Crippen molar-refractivity contribution in [2.24, 2.45) is 0 Å². The van der Waals surface area contributed by atoms with E-state index in [0.29, 0.717) is 24.4 Å². The molecule has 1 saturated heterocycles. The van der Waals surface area contributed by atoms with Crippen molar-refractivity contribution < 1.29 is 13.2 Å². The summed E-state index contributed by atoms with van der Waals surface area (Å²) in [5.74, 6) is 0.834. The van der Waals surface area contributed by atoms with E-state index in [2.05, 4.69) is 9.97 Å². The average molecular weight is 391 g/mol. The molecular weight excluding hydrogens is 366 g/mol. The number of piperidine rings is 1. The Morgan fingerprint density at radius 3 is 2.78 bits per heavy atom. The van der Waals surface area contributed by atoms with Crippen LogP contribution in [0.2, 0.25) is 0 Å². The van der Waals surface area contributed by atoms with Crippen molar-refractivity contribution in [3.63, 3.8) is 0 Å². The van der Waals surface area contributed by atoms with E-state index in [9.17, 15) is 8.42 Å². The maximum atomic E-state index is 12.9. The predicted octanol–water partition coefficient (Wildman–Crippen LogP) is 2.07. The van der Waals surface area contributed by atoms with Crippen molar-refractivity contribution in [3.05, 3.63) is 36.2 Å². The van der Waals surface area contributed by atoms with E-state index >= 15 is 0 Å². The van der Waals surface area contributed by atoms with Gasteiger partial charge in [-0.2, -0.15) is 17.0 Å². The van der Waals surface area contributed by atoms with Crippen LogP contribution in [0.3, 0.4) is 0 Å². The molecule has 2 heterocycles. The van der Waals surface area contributed by atoms with Crippen LogP contribution in [0.4, 0.5) is 5.95 Å². The van der Waals surface area contributed by atoms with Crippen molar-refractivity contribution in [2.45, 2.75) is 25.3 Å². The standard InChI is InChI=1S/C18H25N5O3S/c1-22(2)27(24,25)23-10-5-4-9-16(23)17-15(12-20-18(19)21-17)13-7-6-8-14(11-13)26-3/h6-8,11-12,16H,4-5,9-10H2,1-3H3,(H2,19,20,21)/t16-/m0/s1. The number of anilines is 1. The van der Waals surface area contributed by atoms with Crippen molar-refractivity contribution in [1.82, 2.24) is 18.6 Å². The molecule has 2 N–H and O–H groups in total. The summed E-state index contributed by atoms with van der Waals surface area (Å²) in [6.45, 7) is 0.451. The van der Waals surface area contributed by atoms with Crippen LogP contribution < -0.4 is 10.5 Å². The molecule has 0 saturated carbocycles. The molecule has 1 aliphatic rings. The Morgan fingerprint density at radius 2 is 2.07 bits per heavy atom. The van der Waals surface area contributed by atoms with E-state index in [1.165, 1.54) is 22.7 Å². The molecule has 0 amide bonds. The summed E-state index contributed by atoms with van der Waals surface area (Å²) in [4.78, 5) is 8.59. The lowest BCUT2D eigenvalue weighted by atomic mass is 9.95. The summed E-state index contributed by atoms with van der Waals surface area (Å²) in [5, 5.41) is 0. The SMILES string of the molecule is COc1cccc(-c2cnc(N)nc2[C@@H]2CCCCN2S(=O)(=O)N(C)C)c1. The second-order valence-electron chi connectivity index (χ2n) is 6.67. The third-order valence-electron chi connectivity index (χ3n) is 4.74. The highest BCUT2D eigenvalue weighted by Crippen LogP contribution is 2.38. The first-order chi connectivity index (χ1) is 12.8. The highest BCUT2D eigenvalue weighted by Gasteiger charge is 2.37. The number of nitrogens with zero attached hydrogens (tertiary/aromatic N) is 4. The molecule has 9 heteroatoms. The zero-order chi connectivity index (χ0) is 19.6. The quantitative estimate of drug-likeness (QED) is 0.837. The second kappa shape index (κ2) is 7.79. The van der Waals surface area contributed by atoms with Crippen LogP contribution in [0.5, 0.6) is 5.75 Å². The molecule has 1 aliphatic heterocycles. The first kappa shape index (κ1) is 19.5. The van der Waals surface area contributed by atoms with Crippen LogP contribution in [0.1, 0.15) is 31.0 Å². The molecule has 2 aromatic rings. The molecule has 0 spiro atoms. The minimum atomic E-state index is -3.58. The fourth-order valence-corrected chi connectivity index (χ4v) is 4.65. The Balaban J connectivity index is 2.13. The van der Waals surface area contributed by atoms with Crippen LogP contribution in [0.15, 0.2) is 30.5 Å². The molecule has 8 nitrogen and oxygen atoms in total. The van der Waals surface area contributed by atoms with Crippen LogP contribution in [0.25, 0.3) is 11.1 Å². The number of nitrogen functional groups attached to an aromatic ring is 1. The first-order valence-electron chi connectivity index (χ1n) is 8.80. The summed E-state index contributed by atoms with van der Waals surface area (Å²) in [7, 11) is 1.10. The van der Waals surface area contributed by atoms with Crippen molar-refractivity contribution >= 4 is 16.2 Å². The highest BCUT2D eigenvalue weighted by molar-refractivity contribution is 7.86. The Hall–Kier alpha value is -2.23. The third kappa shape index (κ3) is 3.90. The van der Waals surface area contributed by atoms with Gasteiger partial charge in [-0.15, -0.1) is 0 Å². The molecule has 1 aromatic carbocycles. The molecule has 1 atom stereocenters. The van der Waals surface area contributed by atoms with E-state index in [4.69, 9.17) is 10.5 Å². The fourth-order valence-electron chi connectivity index (χ4n) is 3.34. The number of hydrogen-bond acceptors (Lipinski definition) is 6. The molecule has 0 bridgehead atoms. The minimum absolute atomic E-state index is 0.129. The topological polar surface area (TPSA) is 102 Å². The molecule has 1 fully saturated rings. The van der Waals surface area contributed by atoms with Gasteiger partial charge in [0.05, 0.1) is 18.8 Å². The van der Waals surface area contributed by atoms with E-state index in [-0.39, 0.29) is 5.95 Å². The summed E-state index contributed by atoms with van der Waals surface area (Å²) in [6, 6.07) is 7.15. The number of benzene rings is 1. The van der Waals surface area contributed by atoms with Crippen molar-refractivity contribution in [2.75, 3.05) is 33.5 Å². The van der Waals surface area contributed by atoms with Gasteiger partial charge in [-0.05, 0) is 30.5 Å². The molecule has 146 valence electrons. The number of ether oxygens (including phenoxy) is 1. The summed E-state index contributed by atoms with van der Waals surface area (Å²) in [5.41, 5.74) is 8.10. The van der Waals surface area contributed by atoms with Gasteiger partial charge in [0.1, 0.15) is 5.75 Å². The van der Waals surface area contributed by atoms with Gasteiger partial charge in [-0.25, -0.2) is 9.97 Å². The van der Waals surface area contributed by atoms with Crippen molar-refractivity contribution in [3.8, 4) is 16.9 Å². The Morgan fingerprint density at radius 1 is 1.30 bits per heavy atom. The lowest BCUT2D eigenvalue weighted by Crippen LogP contribution is -2.45. The molecule has 0 aliphatic carbocycles. The van der Waals surface area contributed by atoms with Gasteiger partial charge in [0.2, 0.25) is 5.95 Å². The van der Waals surface area contributed by atoms with Gasteiger partial charge in [0.25, 0.3) is 10.2 Å². The minimum Gasteiger partial charge on any atom is -0.497 e. The average Bonchev–Trinajstić information content (AvgIpc) is 2.67. The molecular formula is C18H25N5O3S. The van der Waals surface area contributed by atoms with E-state index in [1.54, 1.807) is 13.3 Å². The third-order valence-corrected chi connectivity index (χ3v) is 6.70. The molecule has 27 heavy (non-hydrogen) atoms. The van der Waals surface area contributed by atoms with E-state index in [0.717, 1.165) is 24.0 Å². The summed E-state index contributed by atoms with van der Waals surface area (Å²) >= 11 is 0. The van der Waals surface area contributed by atoms with Gasteiger partial charge in [-0.3, -0.25) is 0 Å². The fraction of sp³-hybridized carbons (Fsp3) is 0.444.